The Labute approximate surface area is 870 Å². The first-order chi connectivity index (χ1) is 72.8. The minimum atomic E-state index is -0.396. The van der Waals surface area contributed by atoms with Crippen LogP contribution in [0.1, 0.15) is 196 Å². The Balaban J connectivity index is 0.505. The maximum Gasteiger partial charge on any atom is 0.101 e. The number of hydrogen-bond acceptors (Lipinski definition) is 12. The SMILES string of the molecule is CC1(C)c2ccccc2N(C2CC(n3c4ccccc4c4cc5c6ccccc6n(C6=CCCC=C6)c5cc43)=C(C#N)C=C2C2NC(C3=CC=CCC3)NC(c3ccc(-c4cccc(-c5cccc(N6C7=C(CCCC7)C7C8C9=C(C=CCC9)N(C9=C(C#N)C=C(C%10NC(c%11ccccc%11)NC(C%11C=CC(C%12=CCCC=C%12)CC%11)N%10)C(N%10c%11ccccc%11C(C)(C)C%11CCCCC%11%10)C9)C8C=CC76)c5)c4)cc3)N2)c2ccccc21. The summed E-state index contributed by atoms with van der Waals surface area (Å²) in [6.07, 6.45) is 60.6. The minimum absolute atomic E-state index is 0.00802. The van der Waals surface area contributed by atoms with Gasteiger partial charge in [0.05, 0.1) is 94.4 Å². The van der Waals surface area contributed by atoms with E-state index in [1.54, 1.807) is 11.1 Å². The van der Waals surface area contributed by atoms with Gasteiger partial charge in [0.25, 0.3) is 0 Å². The van der Waals surface area contributed by atoms with Crippen molar-refractivity contribution in [1.82, 2.24) is 45.9 Å². The molecule has 16 unspecified atom stereocenters. The minimum Gasteiger partial charge on any atom is -0.361 e. The summed E-state index contributed by atoms with van der Waals surface area (Å²) in [4.78, 5) is 11.1. The highest BCUT2D eigenvalue weighted by molar-refractivity contribution is 6.20. The van der Waals surface area contributed by atoms with E-state index in [4.69, 9.17) is 0 Å². The third-order valence-corrected chi connectivity index (χ3v) is 37.2. The van der Waals surface area contributed by atoms with Gasteiger partial charge in [-0.15, -0.1) is 0 Å². The lowest BCUT2D eigenvalue weighted by Crippen LogP contribution is -2.68. The van der Waals surface area contributed by atoms with Crippen molar-refractivity contribution in [3.8, 4) is 34.4 Å². The van der Waals surface area contributed by atoms with Crippen molar-refractivity contribution in [2.24, 2.45) is 29.6 Å². The molecule has 1 saturated carbocycles. The molecule has 8 heterocycles. The predicted octanol–water partition coefficient (Wildman–Crippen LogP) is 28.7. The molecule has 736 valence electrons. The maximum atomic E-state index is 12.3. The molecule has 0 spiro atoms. The van der Waals surface area contributed by atoms with Crippen LogP contribution in [0.3, 0.4) is 0 Å². The van der Waals surface area contributed by atoms with Gasteiger partial charge in [0, 0.05) is 121 Å². The molecule has 6 N–H and O–H groups in total. The molecule has 0 radical (unpaired) electrons. The Hall–Kier alpha value is -14.2. The molecular weight excluding hydrogens is 1810 g/mol. The molecule has 6 aliphatic heterocycles. The van der Waals surface area contributed by atoms with E-state index in [1.165, 1.54) is 149 Å². The lowest BCUT2D eigenvalue weighted by Gasteiger charge is -2.58. The summed E-state index contributed by atoms with van der Waals surface area (Å²) in [5.74, 6) is 1.70. The number of rotatable bonds is 15. The largest absolute Gasteiger partial charge is 0.361 e. The first-order valence-corrected chi connectivity index (χ1v) is 55.4. The Morgan fingerprint density at radius 3 is 1.72 bits per heavy atom. The Morgan fingerprint density at radius 2 is 0.993 bits per heavy atom. The molecule has 2 saturated heterocycles. The number of para-hydroxylation sites is 5. The van der Waals surface area contributed by atoms with Crippen molar-refractivity contribution in [3.63, 3.8) is 0 Å². The lowest BCUT2D eigenvalue weighted by molar-refractivity contribution is 0.159. The van der Waals surface area contributed by atoms with Crippen molar-refractivity contribution in [2.75, 3.05) is 14.7 Å². The summed E-state index contributed by atoms with van der Waals surface area (Å²) in [5, 5.41) is 54.6. The van der Waals surface area contributed by atoms with E-state index in [-0.39, 0.29) is 83.6 Å². The lowest BCUT2D eigenvalue weighted by atomic mass is 9.61. The molecule has 0 amide bonds. The third-order valence-electron chi connectivity index (χ3n) is 37.2. The number of nitrogens with zero attached hydrogens (tertiary/aromatic N) is 8. The van der Waals surface area contributed by atoms with Crippen molar-refractivity contribution < 1.29 is 0 Å². The van der Waals surface area contributed by atoms with Crippen LogP contribution in [0.5, 0.6) is 0 Å². The van der Waals surface area contributed by atoms with Crippen LogP contribution < -0.4 is 46.6 Å². The van der Waals surface area contributed by atoms with E-state index in [2.05, 4.69) is 440 Å². The molecule has 12 aromatic rings. The fourth-order valence-electron chi connectivity index (χ4n) is 30.3. The van der Waals surface area contributed by atoms with Crippen LogP contribution in [0.2, 0.25) is 0 Å². The van der Waals surface area contributed by atoms with Crippen molar-refractivity contribution in [3.05, 3.63) is 429 Å². The number of allylic oxidation sites excluding steroid dienone is 19. The summed E-state index contributed by atoms with van der Waals surface area (Å²) in [7, 11) is 0. The molecule has 14 heteroatoms. The summed E-state index contributed by atoms with van der Waals surface area (Å²) < 4.78 is 4.92. The molecule has 10 aromatic carbocycles. The van der Waals surface area contributed by atoms with E-state index in [1.807, 2.05) is 0 Å². The van der Waals surface area contributed by atoms with Gasteiger partial charge in [0.15, 0.2) is 0 Å². The van der Waals surface area contributed by atoms with Gasteiger partial charge in [-0.1, -0.05) is 295 Å². The zero-order valence-electron chi connectivity index (χ0n) is 85.3. The second kappa shape index (κ2) is 37.0. The van der Waals surface area contributed by atoms with Gasteiger partial charge in [-0.2, -0.15) is 10.5 Å². The van der Waals surface area contributed by atoms with Gasteiger partial charge in [-0.05, 0) is 283 Å². The monoisotopic (exact) mass is 1940 g/mol. The highest BCUT2D eigenvalue weighted by Gasteiger charge is 2.58. The number of hydrogen-bond donors (Lipinski definition) is 6. The average Bonchev–Trinajstić information content (AvgIpc) is 1.59. The zero-order chi connectivity index (χ0) is 98.7. The summed E-state index contributed by atoms with van der Waals surface area (Å²) >= 11 is 0. The van der Waals surface area contributed by atoms with E-state index in [9.17, 15) is 10.5 Å². The second-order valence-corrected chi connectivity index (χ2v) is 45.6. The average molecular weight is 1940 g/mol. The zero-order valence-corrected chi connectivity index (χ0v) is 85.3. The fourth-order valence-corrected chi connectivity index (χ4v) is 30.3. The van der Waals surface area contributed by atoms with Crippen LogP contribution in [0.15, 0.2) is 402 Å². The van der Waals surface area contributed by atoms with Gasteiger partial charge in [0.1, 0.15) is 12.1 Å². The van der Waals surface area contributed by atoms with Gasteiger partial charge in [0.2, 0.25) is 0 Å². The molecule has 3 fully saturated rings. The molecular formula is C134H130N14. The molecule has 2 aromatic heterocycles. The van der Waals surface area contributed by atoms with Crippen LogP contribution in [-0.2, 0) is 10.8 Å². The van der Waals surface area contributed by atoms with E-state index in [0.29, 0.717) is 36.3 Å². The van der Waals surface area contributed by atoms with Crippen LogP contribution in [0.25, 0.3) is 77.3 Å². The van der Waals surface area contributed by atoms with E-state index < -0.39 is 6.17 Å². The van der Waals surface area contributed by atoms with E-state index in [0.717, 1.165) is 139 Å². The summed E-state index contributed by atoms with van der Waals surface area (Å²) in [6.45, 7) is 9.84. The number of benzene rings is 10. The molecule has 10 aliphatic carbocycles. The molecule has 148 heavy (non-hydrogen) atoms. The fraction of sp³-hybridized carbons (Fsp3) is 0.313. The number of fused-ring (bicyclic) bond motifs is 15. The van der Waals surface area contributed by atoms with Crippen molar-refractivity contribution in [1.29, 1.82) is 10.5 Å². The number of nitriles is 2. The van der Waals surface area contributed by atoms with Crippen LogP contribution in [0.4, 0.5) is 22.7 Å². The molecule has 16 aliphatic rings. The summed E-state index contributed by atoms with van der Waals surface area (Å²) in [5.41, 5.74) is 36.2. The van der Waals surface area contributed by atoms with Crippen molar-refractivity contribution >= 4 is 77.8 Å². The quantitative estimate of drug-likeness (QED) is 0.0544. The van der Waals surface area contributed by atoms with Crippen LogP contribution in [0, 0.1) is 52.3 Å². The van der Waals surface area contributed by atoms with Crippen molar-refractivity contribution in [2.45, 2.75) is 234 Å². The van der Waals surface area contributed by atoms with Gasteiger partial charge < -0.3 is 28.7 Å². The highest BCUT2D eigenvalue weighted by atomic mass is 15.4. The number of anilines is 4. The second-order valence-electron chi connectivity index (χ2n) is 45.6. The Kier molecular flexibility index (Phi) is 22.8. The molecule has 0 bridgehead atoms. The van der Waals surface area contributed by atoms with Gasteiger partial charge >= 0.3 is 0 Å². The molecule has 14 nitrogen and oxygen atoms in total. The van der Waals surface area contributed by atoms with Gasteiger partial charge in [-0.25, -0.2) is 0 Å². The number of aromatic nitrogens is 2. The third kappa shape index (κ3) is 15.1. The van der Waals surface area contributed by atoms with Gasteiger partial charge in [-0.3, -0.25) is 31.9 Å². The Morgan fingerprint density at radius 1 is 0.392 bits per heavy atom. The maximum absolute atomic E-state index is 12.3. The smallest absolute Gasteiger partial charge is 0.101 e. The van der Waals surface area contributed by atoms with E-state index >= 15 is 0 Å². The Bertz CT molecular complexity index is 8000. The van der Waals surface area contributed by atoms with Crippen LogP contribution in [-0.4, -0.2) is 68.9 Å². The number of nitrogens with one attached hydrogen (secondary N) is 6. The summed E-state index contributed by atoms with van der Waals surface area (Å²) in [6, 6.07) is 95.5. The van der Waals surface area contributed by atoms with Crippen LogP contribution >= 0.6 is 0 Å². The first kappa shape index (κ1) is 91.3. The topological polar surface area (TPSA) is 143 Å². The highest BCUT2D eigenvalue weighted by Crippen LogP contribution is 2.62. The molecule has 16 atom stereocenters. The predicted molar refractivity (Wildman–Crippen MR) is 605 cm³/mol. The normalized spacial score (nSPS) is 28.2. The standard InChI is InChI=1S/C134H130N14/c1-133(2)105-51-21-29-59-113(105)147(114-60-30-22-52-106(114)133)123-78-119(93(81-135)75-103(123)131-139-127(86-37-11-6-12-38-86)137-129(141-131)88-67-63-84(64-68-88)83-35-9-5-10-36-83)145-112-58-28-20-50-100(112)126-118(145)72-71-117-125(126)99-49-19-27-57-111(99)144(117)96-46-34-43-92(74-96)91-42-33-41-90(73-91)85-65-69-89(70-66-85)130-138-128(87-39-13-7-14-40-87)140-132(142-130)104-76-94(82-136)120(79-124(104)148-115-61-31-23-53-107(115)134(3,4)108-54-24-32-62-116(108)148)146-110-56-26-18-48-98(110)102-77-101-97-47-17-25-55-109(97)143(121(101)80-122(102)146)95-44-15-8-16-45-95/h6-7,9,11-13,15,17-18,21,23-26,28-29,31-39,41-48,51,53-56,58-59,61-63,65-67,69-77,80,84,88,106,114,117-118,123-132,137-142H,5,8,10,14,16,19-20,22,27,30,40,49-50,52,57,60,64,68,78-79H2,1-4H3. The molecule has 28 rings (SSSR count). The first-order valence-electron chi connectivity index (χ1n) is 55.4.